The van der Waals surface area contributed by atoms with Crippen molar-refractivity contribution >= 4 is 28.5 Å². The second kappa shape index (κ2) is 6.37. The predicted octanol–water partition coefficient (Wildman–Crippen LogP) is 1.95. The first-order valence-corrected chi connectivity index (χ1v) is 9.34. The van der Waals surface area contributed by atoms with Crippen LogP contribution in [0.3, 0.4) is 0 Å². The molecular weight excluding hydrogens is 354 g/mol. The number of likely N-dealkylation sites (tertiary alicyclic amines) is 1. The smallest absolute Gasteiger partial charge is 0.235 e. The van der Waals surface area contributed by atoms with Crippen LogP contribution in [0.2, 0.25) is 0 Å². The molecule has 5 rings (SSSR count). The normalized spacial score (nSPS) is 21.6. The lowest BCUT2D eigenvalue weighted by atomic mass is 10.00. The van der Waals surface area contributed by atoms with Crippen LogP contribution in [0.1, 0.15) is 11.4 Å². The van der Waals surface area contributed by atoms with Gasteiger partial charge in [0.1, 0.15) is 11.6 Å². The number of aryl methyl sites for hydroxylation is 1. The van der Waals surface area contributed by atoms with E-state index in [2.05, 4.69) is 15.0 Å². The highest BCUT2D eigenvalue weighted by atomic mass is 16.2. The Bertz CT molecular complexity index is 1060. The molecule has 2 aliphatic rings. The van der Waals surface area contributed by atoms with Crippen LogP contribution in [0.25, 0.3) is 10.9 Å². The number of hydrogen-bond donors (Lipinski definition) is 0. The van der Waals surface area contributed by atoms with Gasteiger partial charge in [-0.15, -0.1) is 0 Å². The van der Waals surface area contributed by atoms with Gasteiger partial charge in [0.2, 0.25) is 11.8 Å². The molecule has 2 saturated heterocycles. The number of hydrogen-bond acceptors (Lipinski definition) is 6. The first-order chi connectivity index (χ1) is 13.6. The second-order valence-electron chi connectivity index (χ2n) is 7.35. The molecule has 7 nitrogen and oxygen atoms in total. The number of anilines is 1. The third kappa shape index (κ3) is 2.62. The van der Waals surface area contributed by atoms with Gasteiger partial charge in [-0.05, 0) is 18.6 Å². The maximum Gasteiger partial charge on any atom is 0.235 e. The van der Waals surface area contributed by atoms with E-state index in [4.69, 9.17) is 0 Å². The molecule has 0 aliphatic carbocycles. The maximum atomic E-state index is 12.9. The van der Waals surface area contributed by atoms with Crippen LogP contribution < -0.4 is 4.90 Å². The molecule has 2 atom stereocenters. The van der Waals surface area contributed by atoms with Crippen molar-refractivity contribution in [2.45, 2.75) is 13.5 Å². The lowest BCUT2D eigenvalue weighted by Crippen LogP contribution is -2.36. The topological polar surface area (TPSA) is 79.3 Å². The van der Waals surface area contributed by atoms with Gasteiger partial charge < -0.3 is 4.90 Å². The van der Waals surface area contributed by atoms with Gasteiger partial charge in [-0.1, -0.05) is 30.3 Å². The molecule has 28 heavy (non-hydrogen) atoms. The fourth-order valence-electron chi connectivity index (χ4n) is 4.23. The molecule has 1 aromatic carbocycles. The molecule has 4 heterocycles. The summed E-state index contributed by atoms with van der Waals surface area (Å²) in [5, 5.41) is 0.890. The molecule has 0 N–H and O–H groups in total. The molecule has 2 unspecified atom stereocenters. The highest BCUT2D eigenvalue weighted by molar-refractivity contribution is 6.06. The highest BCUT2D eigenvalue weighted by Gasteiger charge is 2.52. The molecule has 3 aromatic rings. The zero-order valence-corrected chi connectivity index (χ0v) is 15.4. The minimum absolute atomic E-state index is 0.0851. The number of aromatic nitrogens is 3. The molecule has 0 spiro atoms. The van der Waals surface area contributed by atoms with E-state index < -0.39 is 0 Å². The van der Waals surface area contributed by atoms with E-state index in [1.807, 2.05) is 48.2 Å². The average molecular weight is 373 g/mol. The number of fused-ring (bicyclic) bond motifs is 2. The van der Waals surface area contributed by atoms with Gasteiger partial charge in [0.05, 0.1) is 30.1 Å². The summed E-state index contributed by atoms with van der Waals surface area (Å²) in [6.45, 7) is 3.17. The monoisotopic (exact) mass is 373 g/mol. The van der Waals surface area contributed by atoms with Crippen LogP contribution in [-0.4, -0.2) is 44.8 Å². The van der Waals surface area contributed by atoms with Crippen molar-refractivity contribution in [1.82, 2.24) is 19.9 Å². The van der Waals surface area contributed by atoms with Crippen LogP contribution in [-0.2, 0) is 16.1 Å². The molecule has 0 bridgehead atoms. The molecule has 0 radical (unpaired) electrons. The Morgan fingerprint density at radius 3 is 2.43 bits per heavy atom. The summed E-state index contributed by atoms with van der Waals surface area (Å²) in [6, 6.07) is 11.5. The number of nitrogens with zero attached hydrogens (tertiary/aromatic N) is 5. The number of carbonyl (C=O) groups is 2. The summed E-state index contributed by atoms with van der Waals surface area (Å²) >= 11 is 0. The van der Waals surface area contributed by atoms with Gasteiger partial charge in [0.15, 0.2) is 0 Å². The van der Waals surface area contributed by atoms with Gasteiger partial charge in [-0.2, -0.15) is 0 Å². The van der Waals surface area contributed by atoms with Gasteiger partial charge in [0.25, 0.3) is 0 Å². The number of benzene rings is 1. The largest absolute Gasteiger partial charge is 0.354 e. The minimum atomic E-state index is -0.316. The first-order valence-electron chi connectivity index (χ1n) is 9.34. The number of amides is 2. The number of imide groups is 1. The third-order valence-corrected chi connectivity index (χ3v) is 5.56. The summed E-state index contributed by atoms with van der Waals surface area (Å²) in [6.07, 6.45) is 3.42. The fourth-order valence-corrected chi connectivity index (χ4v) is 4.23. The number of carbonyl (C=O) groups excluding carboxylic acids is 2. The Kier molecular flexibility index (Phi) is 3.82. The van der Waals surface area contributed by atoms with Gasteiger partial charge in [-0.3, -0.25) is 19.5 Å². The lowest BCUT2D eigenvalue weighted by Gasteiger charge is -2.22. The molecule has 140 valence electrons. The summed E-state index contributed by atoms with van der Waals surface area (Å²) in [5.74, 6) is 0.619. The molecule has 2 aliphatic heterocycles. The molecule has 0 saturated carbocycles. The summed E-state index contributed by atoms with van der Waals surface area (Å²) < 4.78 is 0. The van der Waals surface area contributed by atoms with E-state index in [0.29, 0.717) is 25.5 Å². The van der Waals surface area contributed by atoms with E-state index in [0.717, 1.165) is 22.3 Å². The minimum Gasteiger partial charge on any atom is -0.354 e. The third-order valence-electron chi connectivity index (χ3n) is 5.56. The van der Waals surface area contributed by atoms with Crippen molar-refractivity contribution in [2.75, 3.05) is 18.0 Å². The standard InChI is InChI=1S/C21H19N5O2/c1-13-23-18-9-22-8-7-15(18)19(24-13)25-11-16-17(12-25)21(28)26(20(16)27)10-14-5-3-2-4-6-14/h2-9,16-17H,10-12H2,1H3. The van der Waals surface area contributed by atoms with Crippen molar-refractivity contribution in [2.24, 2.45) is 11.8 Å². The Labute approximate surface area is 162 Å². The lowest BCUT2D eigenvalue weighted by molar-refractivity contribution is -0.140. The van der Waals surface area contributed by atoms with Crippen molar-refractivity contribution < 1.29 is 9.59 Å². The quantitative estimate of drug-likeness (QED) is 0.653. The van der Waals surface area contributed by atoms with Gasteiger partial charge in [0, 0.05) is 24.7 Å². The van der Waals surface area contributed by atoms with Gasteiger partial charge in [-0.25, -0.2) is 9.97 Å². The van der Waals surface area contributed by atoms with Crippen LogP contribution in [0.4, 0.5) is 5.82 Å². The van der Waals surface area contributed by atoms with Crippen LogP contribution in [0.5, 0.6) is 0 Å². The van der Waals surface area contributed by atoms with E-state index in [-0.39, 0.29) is 23.7 Å². The molecule has 2 fully saturated rings. The van der Waals surface area contributed by atoms with E-state index in [1.54, 1.807) is 12.4 Å². The van der Waals surface area contributed by atoms with Crippen molar-refractivity contribution in [3.63, 3.8) is 0 Å². The Morgan fingerprint density at radius 1 is 1.00 bits per heavy atom. The van der Waals surface area contributed by atoms with Gasteiger partial charge >= 0.3 is 0 Å². The van der Waals surface area contributed by atoms with Crippen molar-refractivity contribution in [3.8, 4) is 0 Å². The number of pyridine rings is 1. The predicted molar refractivity (Wildman–Crippen MR) is 103 cm³/mol. The SMILES string of the molecule is Cc1nc(N2CC3C(=O)N(Cc4ccccc4)C(=O)C3C2)c2ccncc2n1. The molecule has 2 amide bonds. The molecule has 7 heteroatoms. The highest BCUT2D eigenvalue weighted by Crippen LogP contribution is 2.37. The van der Waals surface area contributed by atoms with Crippen LogP contribution in [0, 0.1) is 18.8 Å². The molecular formula is C21H19N5O2. The van der Waals surface area contributed by atoms with Crippen molar-refractivity contribution in [3.05, 3.63) is 60.2 Å². The maximum absolute atomic E-state index is 12.9. The summed E-state index contributed by atoms with van der Waals surface area (Å²) in [4.78, 5) is 42.5. The second-order valence-corrected chi connectivity index (χ2v) is 7.35. The Hall–Kier alpha value is -3.35. The first kappa shape index (κ1) is 16.8. The average Bonchev–Trinajstić information content (AvgIpc) is 3.24. The van der Waals surface area contributed by atoms with E-state index in [9.17, 15) is 9.59 Å². The van der Waals surface area contributed by atoms with Crippen LogP contribution in [0.15, 0.2) is 48.8 Å². The van der Waals surface area contributed by atoms with E-state index >= 15 is 0 Å². The van der Waals surface area contributed by atoms with Crippen LogP contribution >= 0.6 is 0 Å². The van der Waals surface area contributed by atoms with E-state index in [1.165, 1.54) is 4.90 Å². The molecule has 2 aromatic heterocycles. The zero-order chi connectivity index (χ0) is 19.3. The summed E-state index contributed by atoms with van der Waals surface area (Å²) in [5.41, 5.74) is 1.73. The summed E-state index contributed by atoms with van der Waals surface area (Å²) in [7, 11) is 0. The Morgan fingerprint density at radius 2 is 1.71 bits per heavy atom. The Balaban J connectivity index is 1.42. The number of rotatable bonds is 3. The van der Waals surface area contributed by atoms with Crippen molar-refractivity contribution in [1.29, 1.82) is 0 Å². The zero-order valence-electron chi connectivity index (χ0n) is 15.4. The fraction of sp³-hybridized carbons (Fsp3) is 0.286.